The zero-order chi connectivity index (χ0) is 9.56. The Kier molecular flexibility index (Phi) is 5.45. The molecule has 0 aromatic rings. The Morgan fingerprint density at radius 3 is 2.50 bits per heavy atom. The summed E-state index contributed by atoms with van der Waals surface area (Å²) < 4.78 is 4.40. The number of methoxy groups -OCH3 is 1. The second-order valence-electron chi connectivity index (χ2n) is 3.14. The van der Waals surface area contributed by atoms with Crippen LogP contribution < -0.4 is 5.32 Å². The van der Waals surface area contributed by atoms with E-state index in [1.807, 2.05) is 13.8 Å². The van der Waals surface area contributed by atoms with Gasteiger partial charge in [-0.2, -0.15) is 0 Å². The molecule has 4 heteroatoms. The molecule has 0 aromatic heterocycles. The molecule has 0 radical (unpaired) electrons. The van der Waals surface area contributed by atoms with E-state index in [0.717, 1.165) is 6.42 Å². The fourth-order valence-electron chi connectivity index (χ4n) is 0.974. The summed E-state index contributed by atoms with van der Waals surface area (Å²) >= 11 is 0. The summed E-state index contributed by atoms with van der Waals surface area (Å²) in [6.07, 6.45) is 0.265. The SMILES string of the molecule is COC(=O)N[C@H](CO)CC(C)C. The number of ether oxygens (including phenoxy) is 1. The van der Waals surface area contributed by atoms with Crippen molar-refractivity contribution in [3.05, 3.63) is 0 Å². The van der Waals surface area contributed by atoms with Gasteiger partial charge in [-0.25, -0.2) is 4.79 Å². The van der Waals surface area contributed by atoms with Gasteiger partial charge in [-0.05, 0) is 12.3 Å². The molecule has 0 aliphatic heterocycles. The molecule has 1 amide bonds. The van der Waals surface area contributed by atoms with Crippen molar-refractivity contribution in [2.45, 2.75) is 26.3 Å². The van der Waals surface area contributed by atoms with Gasteiger partial charge in [-0.3, -0.25) is 0 Å². The lowest BCUT2D eigenvalue weighted by Gasteiger charge is -2.16. The summed E-state index contributed by atoms with van der Waals surface area (Å²) in [5.41, 5.74) is 0. The lowest BCUT2D eigenvalue weighted by molar-refractivity contribution is 0.153. The van der Waals surface area contributed by atoms with E-state index in [2.05, 4.69) is 10.1 Å². The second kappa shape index (κ2) is 5.83. The third-order valence-electron chi connectivity index (χ3n) is 1.48. The first kappa shape index (κ1) is 11.2. The minimum absolute atomic E-state index is 0.0483. The quantitative estimate of drug-likeness (QED) is 0.662. The average Bonchev–Trinajstić information content (AvgIpc) is 2.02. The van der Waals surface area contributed by atoms with Crippen LogP contribution in [0.2, 0.25) is 0 Å². The third-order valence-corrected chi connectivity index (χ3v) is 1.48. The van der Waals surface area contributed by atoms with Crippen LogP contribution in [0.3, 0.4) is 0 Å². The lowest BCUT2D eigenvalue weighted by Crippen LogP contribution is -2.38. The zero-order valence-electron chi connectivity index (χ0n) is 7.83. The van der Waals surface area contributed by atoms with Crippen LogP contribution in [-0.2, 0) is 4.74 Å². The number of amides is 1. The molecule has 0 aliphatic carbocycles. The van der Waals surface area contributed by atoms with Gasteiger partial charge >= 0.3 is 6.09 Å². The Morgan fingerprint density at radius 1 is 1.58 bits per heavy atom. The highest BCUT2D eigenvalue weighted by molar-refractivity contribution is 5.67. The molecule has 0 bridgehead atoms. The van der Waals surface area contributed by atoms with Crippen molar-refractivity contribution in [3.63, 3.8) is 0 Å². The lowest BCUT2D eigenvalue weighted by atomic mass is 10.0. The minimum atomic E-state index is -0.491. The standard InChI is InChI=1S/C8H17NO3/c1-6(2)4-7(5-10)9-8(11)12-3/h6-7,10H,4-5H2,1-3H3,(H,9,11)/t7-/m0/s1. The number of hydrogen-bond acceptors (Lipinski definition) is 3. The van der Waals surface area contributed by atoms with Crippen LogP contribution in [0.15, 0.2) is 0 Å². The maximum Gasteiger partial charge on any atom is 0.407 e. The predicted octanol–water partition coefficient (Wildman–Crippen LogP) is 0.749. The Balaban J connectivity index is 3.74. The van der Waals surface area contributed by atoms with Crippen LogP contribution >= 0.6 is 0 Å². The van der Waals surface area contributed by atoms with Crippen molar-refractivity contribution in [1.29, 1.82) is 0 Å². The van der Waals surface area contributed by atoms with E-state index in [-0.39, 0.29) is 12.6 Å². The smallest absolute Gasteiger partial charge is 0.407 e. The van der Waals surface area contributed by atoms with Gasteiger partial charge in [0.25, 0.3) is 0 Å². The maximum atomic E-state index is 10.7. The molecule has 0 aromatic carbocycles. The van der Waals surface area contributed by atoms with Crippen LogP contribution in [-0.4, -0.2) is 31.0 Å². The molecular weight excluding hydrogens is 158 g/mol. The molecule has 1 atom stereocenters. The maximum absolute atomic E-state index is 10.7. The van der Waals surface area contributed by atoms with Crippen LogP contribution in [0.1, 0.15) is 20.3 Å². The van der Waals surface area contributed by atoms with Crippen molar-refractivity contribution < 1.29 is 14.6 Å². The van der Waals surface area contributed by atoms with Gasteiger partial charge in [0.2, 0.25) is 0 Å². The fourth-order valence-corrected chi connectivity index (χ4v) is 0.974. The summed E-state index contributed by atoms with van der Waals surface area (Å²) in [7, 11) is 1.30. The molecule has 0 saturated carbocycles. The molecule has 0 fully saturated rings. The normalized spacial score (nSPS) is 12.8. The van der Waals surface area contributed by atoms with E-state index in [9.17, 15) is 4.79 Å². The number of rotatable bonds is 4. The number of nitrogens with one attached hydrogen (secondary N) is 1. The van der Waals surface area contributed by atoms with Crippen molar-refractivity contribution in [2.24, 2.45) is 5.92 Å². The molecule has 0 spiro atoms. The number of hydrogen-bond donors (Lipinski definition) is 2. The van der Waals surface area contributed by atoms with Crippen LogP contribution in [0.25, 0.3) is 0 Å². The fraction of sp³-hybridized carbons (Fsp3) is 0.875. The van der Waals surface area contributed by atoms with Crippen molar-refractivity contribution >= 4 is 6.09 Å². The van der Waals surface area contributed by atoms with Crippen molar-refractivity contribution in [2.75, 3.05) is 13.7 Å². The van der Waals surface area contributed by atoms with Gasteiger partial charge in [0.1, 0.15) is 0 Å². The summed E-state index contributed by atoms with van der Waals surface area (Å²) in [6.45, 7) is 4.01. The number of alkyl carbamates (subject to hydrolysis) is 1. The Morgan fingerprint density at radius 2 is 2.17 bits per heavy atom. The molecule has 0 saturated heterocycles. The van der Waals surface area contributed by atoms with E-state index in [4.69, 9.17) is 5.11 Å². The summed E-state index contributed by atoms with van der Waals surface area (Å²) in [5.74, 6) is 0.444. The van der Waals surface area contributed by atoms with E-state index in [0.29, 0.717) is 5.92 Å². The first-order chi connectivity index (χ1) is 5.60. The molecule has 72 valence electrons. The number of aliphatic hydroxyl groups is 1. The van der Waals surface area contributed by atoms with E-state index < -0.39 is 6.09 Å². The van der Waals surface area contributed by atoms with Gasteiger partial charge < -0.3 is 15.2 Å². The zero-order valence-corrected chi connectivity index (χ0v) is 7.83. The molecule has 4 nitrogen and oxygen atoms in total. The largest absolute Gasteiger partial charge is 0.453 e. The minimum Gasteiger partial charge on any atom is -0.453 e. The molecular formula is C8H17NO3. The Bertz CT molecular complexity index is 136. The number of carbonyl (C=O) groups is 1. The monoisotopic (exact) mass is 175 g/mol. The topological polar surface area (TPSA) is 58.6 Å². The molecule has 0 rings (SSSR count). The number of carbonyl (C=O) groups excluding carboxylic acids is 1. The number of aliphatic hydroxyl groups excluding tert-OH is 1. The second-order valence-corrected chi connectivity index (χ2v) is 3.14. The van der Waals surface area contributed by atoms with Crippen LogP contribution in [0, 0.1) is 5.92 Å². The van der Waals surface area contributed by atoms with Gasteiger partial charge in [-0.15, -0.1) is 0 Å². The van der Waals surface area contributed by atoms with Crippen molar-refractivity contribution in [1.82, 2.24) is 5.32 Å². The van der Waals surface area contributed by atoms with Crippen LogP contribution in [0.4, 0.5) is 4.79 Å². The van der Waals surface area contributed by atoms with Gasteiger partial charge in [-0.1, -0.05) is 13.8 Å². The van der Waals surface area contributed by atoms with E-state index >= 15 is 0 Å². The highest BCUT2D eigenvalue weighted by Crippen LogP contribution is 2.03. The van der Waals surface area contributed by atoms with Gasteiger partial charge in [0.05, 0.1) is 19.8 Å². The molecule has 12 heavy (non-hydrogen) atoms. The molecule has 0 heterocycles. The van der Waals surface area contributed by atoms with Crippen LogP contribution in [0.5, 0.6) is 0 Å². The Labute approximate surface area is 72.9 Å². The molecule has 0 aliphatic rings. The average molecular weight is 175 g/mol. The summed E-state index contributed by atoms with van der Waals surface area (Å²) in [5, 5.41) is 11.4. The third kappa shape index (κ3) is 4.96. The Hall–Kier alpha value is -0.770. The van der Waals surface area contributed by atoms with Gasteiger partial charge in [0, 0.05) is 0 Å². The highest BCUT2D eigenvalue weighted by Gasteiger charge is 2.12. The first-order valence-electron chi connectivity index (χ1n) is 4.05. The predicted molar refractivity (Wildman–Crippen MR) is 45.9 cm³/mol. The first-order valence-corrected chi connectivity index (χ1v) is 4.05. The highest BCUT2D eigenvalue weighted by atomic mass is 16.5. The van der Waals surface area contributed by atoms with Gasteiger partial charge in [0.15, 0.2) is 0 Å². The van der Waals surface area contributed by atoms with Crippen molar-refractivity contribution in [3.8, 4) is 0 Å². The summed E-state index contributed by atoms with van der Waals surface area (Å²) in [6, 6.07) is -0.197. The van der Waals surface area contributed by atoms with E-state index in [1.165, 1.54) is 7.11 Å². The summed E-state index contributed by atoms with van der Waals surface area (Å²) in [4.78, 5) is 10.7. The molecule has 0 unspecified atom stereocenters. The molecule has 2 N–H and O–H groups in total. The van der Waals surface area contributed by atoms with E-state index in [1.54, 1.807) is 0 Å².